The topological polar surface area (TPSA) is 48.5 Å². The van der Waals surface area contributed by atoms with E-state index in [0.717, 1.165) is 28.1 Å². The van der Waals surface area contributed by atoms with Gasteiger partial charge in [0, 0.05) is 11.1 Å². The third kappa shape index (κ3) is 3.23. The molecule has 0 amide bonds. The standard InChI is InChI=1S/C24H19N5/c1-4-10-19(11-5-1)23(28-18-25-17-27-28)22-16-26-29(21-14-8-3-9-15-21)24(22)20-12-6-2-7-13-20/h1-18,23H. The van der Waals surface area contributed by atoms with Crippen LogP contribution in [0.2, 0.25) is 0 Å². The second-order valence-corrected chi connectivity index (χ2v) is 6.75. The fraction of sp³-hybridized carbons (Fsp3) is 0.0417. The number of hydrogen-bond donors (Lipinski definition) is 0. The lowest BCUT2D eigenvalue weighted by molar-refractivity contribution is 0.595. The van der Waals surface area contributed by atoms with Crippen molar-refractivity contribution in [1.82, 2.24) is 24.5 Å². The summed E-state index contributed by atoms with van der Waals surface area (Å²) in [5, 5.41) is 9.23. The van der Waals surface area contributed by atoms with Gasteiger partial charge in [0.05, 0.1) is 17.6 Å². The van der Waals surface area contributed by atoms with Crippen LogP contribution in [0, 0.1) is 0 Å². The molecular formula is C24H19N5. The van der Waals surface area contributed by atoms with Crippen molar-refractivity contribution in [3.8, 4) is 16.9 Å². The van der Waals surface area contributed by atoms with Crippen LogP contribution in [0.1, 0.15) is 17.2 Å². The lowest BCUT2D eigenvalue weighted by atomic mass is 9.96. The summed E-state index contributed by atoms with van der Waals surface area (Å²) in [4.78, 5) is 4.19. The molecule has 140 valence electrons. The Morgan fingerprint density at radius 3 is 2.00 bits per heavy atom. The highest BCUT2D eigenvalue weighted by atomic mass is 15.3. The average Bonchev–Trinajstić information content (AvgIpc) is 3.47. The van der Waals surface area contributed by atoms with Gasteiger partial charge in [-0.25, -0.2) is 14.3 Å². The van der Waals surface area contributed by atoms with E-state index in [-0.39, 0.29) is 6.04 Å². The lowest BCUT2D eigenvalue weighted by Gasteiger charge is -2.19. The molecule has 1 atom stereocenters. The van der Waals surface area contributed by atoms with E-state index < -0.39 is 0 Å². The minimum atomic E-state index is -0.133. The van der Waals surface area contributed by atoms with Crippen molar-refractivity contribution in [3.63, 3.8) is 0 Å². The SMILES string of the molecule is c1ccc(-c2c(C(c3ccccc3)n3cncn3)cnn2-c2ccccc2)cc1. The zero-order chi connectivity index (χ0) is 19.5. The molecule has 5 heteroatoms. The van der Waals surface area contributed by atoms with Gasteiger partial charge >= 0.3 is 0 Å². The van der Waals surface area contributed by atoms with Gasteiger partial charge < -0.3 is 0 Å². The van der Waals surface area contributed by atoms with Crippen LogP contribution in [0.25, 0.3) is 16.9 Å². The first-order chi connectivity index (χ1) is 14.4. The van der Waals surface area contributed by atoms with E-state index in [1.807, 2.05) is 58.0 Å². The van der Waals surface area contributed by atoms with Gasteiger partial charge in [0.2, 0.25) is 0 Å². The number of para-hydroxylation sites is 1. The van der Waals surface area contributed by atoms with Crippen LogP contribution in [0.4, 0.5) is 0 Å². The largest absolute Gasteiger partial charge is 0.241 e. The molecule has 5 rings (SSSR count). The second kappa shape index (κ2) is 7.56. The van der Waals surface area contributed by atoms with Crippen molar-refractivity contribution in [3.05, 3.63) is 121 Å². The van der Waals surface area contributed by atoms with Crippen molar-refractivity contribution < 1.29 is 0 Å². The number of nitrogens with zero attached hydrogens (tertiary/aromatic N) is 5. The third-order valence-corrected chi connectivity index (χ3v) is 4.96. The fourth-order valence-corrected chi connectivity index (χ4v) is 3.67. The third-order valence-electron chi connectivity index (χ3n) is 4.96. The van der Waals surface area contributed by atoms with E-state index in [2.05, 4.69) is 58.6 Å². The molecule has 0 aliphatic carbocycles. The Morgan fingerprint density at radius 2 is 1.34 bits per heavy atom. The van der Waals surface area contributed by atoms with Gasteiger partial charge in [-0.05, 0) is 17.7 Å². The Hall–Kier alpha value is -3.99. The first-order valence-corrected chi connectivity index (χ1v) is 9.49. The molecule has 2 heterocycles. The molecule has 0 spiro atoms. The molecule has 5 nitrogen and oxygen atoms in total. The van der Waals surface area contributed by atoms with E-state index in [1.54, 1.807) is 12.7 Å². The molecule has 0 aliphatic rings. The van der Waals surface area contributed by atoms with Gasteiger partial charge in [-0.2, -0.15) is 10.2 Å². The molecule has 29 heavy (non-hydrogen) atoms. The Balaban J connectivity index is 1.77. The first kappa shape index (κ1) is 17.1. The molecule has 0 bridgehead atoms. The van der Waals surface area contributed by atoms with Crippen LogP contribution in [0.15, 0.2) is 110 Å². The number of rotatable bonds is 5. The zero-order valence-corrected chi connectivity index (χ0v) is 15.7. The molecular weight excluding hydrogens is 358 g/mol. The average molecular weight is 377 g/mol. The minimum Gasteiger partial charge on any atom is -0.241 e. The summed E-state index contributed by atoms with van der Waals surface area (Å²) in [5.41, 5.74) is 5.36. The molecule has 0 aliphatic heterocycles. The Labute approximate surface area is 168 Å². The zero-order valence-electron chi connectivity index (χ0n) is 15.7. The molecule has 0 fully saturated rings. The highest BCUT2D eigenvalue weighted by Crippen LogP contribution is 2.35. The van der Waals surface area contributed by atoms with Crippen LogP contribution in [-0.2, 0) is 0 Å². The van der Waals surface area contributed by atoms with Crippen molar-refractivity contribution in [2.45, 2.75) is 6.04 Å². The molecule has 5 aromatic rings. The molecule has 3 aromatic carbocycles. The Kier molecular flexibility index (Phi) is 4.47. The summed E-state index contributed by atoms with van der Waals surface area (Å²) < 4.78 is 3.88. The Morgan fingerprint density at radius 1 is 0.690 bits per heavy atom. The fourth-order valence-electron chi connectivity index (χ4n) is 3.67. The molecule has 1 unspecified atom stereocenters. The van der Waals surface area contributed by atoms with Gasteiger partial charge in [-0.3, -0.25) is 0 Å². The molecule has 0 saturated carbocycles. The number of aromatic nitrogens is 5. The smallest absolute Gasteiger partial charge is 0.137 e. The second-order valence-electron chi connectivity index (χ2n) is 6.75. The van der Waals surface area contributed by atoms with E-state index in [0.29, 0.717) is 0 Å². The molecule has 0 N–H and O–H groups in total. The normalized spacial score (nSPS) is 12.0. The van der Waals surface area contributed by atoms with Crippen LogP contribution in [0.5, 0.6) is 0 Å². The van der Waals surface area contributed by atoms with Crippen LogP contribution in [0.3, 0.4) is 0 Å². The van der Waals surface area contributed by atoms with Crippen molar-refractivity contribution in [1.29, 1.82) is 0 Å². The molecule has 0 saturated heterocycles. The van der Waals surface area contributed by atoms with Crippen molar-refractivity contribution in [2.75, 3.05) is 0 Å². The molecule has 2 aromatic heterocycles. The van der Waals surface area contributed by atoms with E-state index in [4.69, 9.17) is 5.10 Å². The monoisotopic (exact) mass is 377 g/mol. The maximum atomic E-state index is 4.77. The van der Waals surface area contributed by atoms with Gasteiger partial charge in [0.15, 0.2) is 0 Å². The maximum absolute atomic E-state index is 4.77. The number of hydrogen-bond acceptors (Lipinski definition) is 3. The van der Waals surface area contributed by atoms with Crippen molar-refractivity contribution in [2.24, 2.45) is 0 Å². The summed E-state index contributed by atoms with van der Waals surface area (Å²) in [5.74, 6) is 0. The first-order valence-electron chi connectivity index (χ1n) is 9.49. The number of benzene rings is 3. The predicted molar refractivity (Wildman–Crippen MR) is 113 cm³/mol. The summed E-state index contributed by atoms with van der Waals surface area (Å²) in [6, 6.07) is 30.8. The summed E-state index contributed by atoms with van der Waals surface area (Å²) in [6.45, 7) is 0. The minimum absolute atomic E-state index is 0.133. The predicted octanol–water partition coefficient (Wildman–Crippen LogP) is 4.77. The van der Waals surface area contributed by atoms with Gasteiger partial charge in [-0.15, -0.1) is 0 Å². The summed E-state index contributed by atoms with van der Waals surface area (Å²) in [6.07, 6.45) is 5.26. The highest BCUT2D eigenvalue weighted by molar-refractivity contribution is 5.67. The Bertz CT molecular complexity index is 1180. The quantitative estimate of drug-likeness (QED) is 0.443. The van der Waals surface area contributed by atoms with Crippen LogP contribution in [-0.4, -0.2) is 24.5 Å². The molecule has 0 radical (unpaired) electrons. The van der Waals surface area contributed by atoms with E-state index in [1.165, 1.54) is 0 Å². The van der Waals surface area contributed by atoms with E-state index in [9.17, 15) is 0 Å². The van der Waals surface area contributed by atoms with Crippen LogP contribution < -0.4 is 0 Å². The van der Waals surface area contributed by atoms with Gasteiger partial charge in [-0.1, -0.05) is 78.9 Å². The van der Waals surface area contributed by atoms with Gasteiger partial charge in [0.1, 0.15) is 18.7 Å². The van der Waals surface area contributed by atoms with Crippen molar-refractivity contribution >= 4 is 0 Å². The van der Waals surface area contributed by atoms with Crippen LogP contribution >= 0.6 is 0 Å². The van der Waals surface area contributed by atoms with E-state index >= 15 is 0 Å². The highest BCUT2D eigenvalue weighted by Gasteiger charge is 2.25. The lowest BCUT2D eigenvalue weighted by Crippen LogP contribution is -2.14. The maximum Gasteiger partial charge on any atom is 0.137 e. The van der Waals surface area contributed by atoms with Gasteiger partial charge in [0.25, 0.3) is 0 Å². The summed E-state index contributed by atoms with van der Waals surface area (Å²) in [7, 11) is 0. The summed E-state index contributed by atoms with van der Waals surface area (Å²) >= 11 is 0.